The van der Waals surface area contributed by atoms with Crippen molar-refractivity contribution in [3.63, 3.8) is 0 Å². The first-order valence-corrected chi connectivity index (χ1v) is 6.76. The van der Waals surface area contributed by atoms with E-state index in [4.69, 9.17) is 5.73 Å². The highest BCUT2D eigenvalue weighted by Gasteiger charge is 2.13. The molecule has 0 unspecified atom stereocenters. The van der Waals surface area contributed by atoms with Crippen LogP contribution < -0.4 is 5.73 Å². The van der Waals surface area contributed by atoms with Crippen molar-refractivity contribution in [2.75, 3.05) is 6.26 Å². The van der Waals surface area contributed by atoms with Crippen molar-refractivity contribution in [1.82, 2.24) is 9.78 Å². The van der Waals surface area contributed by atoms with E-state index >= 15 is 0 Å². The molecule has 0 fully saturated rings. The molecule has 0 amide bonds. The lowest BCUT2D eigenvalue weighted by atomic mass is 10.0. The summed E-state index contributed by atoms with van der Waals surface area (Å²) < 4.78 is 1.87. The molecular formula is C13H17N3S. The highest BCUT2D eigenvalue weighted by atomic mass is 32.2. The predicted octanol–water partition coefficient (Wildman–Crippen LogP) is 2.58. The van der Waals surface area contributed by atoms with Crippen LogP contribution >= 0.6 is 11.8 Å². The molecule has 2 aromatic rings. The van der Waals surface area contributed by atoms with E-state index in [2.05, 4.69) is 35.6 Å². The Bertz CT molecular complexity index is 514. The fourth-order valence-electron chi connectivity index (χ4n) is 2.07. The highest BCUT2D eigenvalue weighted by molar-refractivity contribution is 7.98. The first-order valence-electron chi connectivity index (χ1n) is 5.54. The molecule has 2 N–H and O–H groups in total. The monoisotopic (exact) mass is 247 g/mol. The molecule has 0 radical (unpaired) electrons. The van der Waals surface area contributed by atoms with Crippen LogP contribution in [0.2, 0.25) is 0 Å². The molecule has 0 atom stereocenters. The van der Waals surface area contributed by atoms with E-state index < -0.39 is 0 Å². The number of rotatable bonds is 3. The van der Waals surface area contributed by atoms with Crippen molar-refractivity contribution in [3.8, 4) is 11.1 Å². The van der Waals surface area contributed by atoms with Gasteiger partial charge in [0.25, 0.3) is 0 Å². The van der Waals surface area contributed by atoms with Crippen molar-refractivity contribution in [2.24, 2.45) is 12.8 Å². The zero-order chi connectivity index (χ0) is 12.4. The molecular weight excluding hydrogens is 230 g/mol. The predicted molar refractivity (Wildman–Crippen MR) is 73.1 cm³/mol. The number of aryl methyl sites for hydroxylation is 2. The van der Waals surface area contributed by atoms with E-state index in [1.165, 1.54) is 16.0 Å². The molecule has 0 spiro atoms. The summed E-state index contributed by atoms with van der Waals surface area (Å²) >= 11 is 1.75. The normalized spacial score (nSPS) is 10.8. The third-order valence-electron chi connectivity index (χ3n) is 2.91. The third-order valence-corrected chi connectivity index (χ3v) is 3.66. The summed E-state index contributed by atoms with van der Waals surface area (Å²) in [4.78, 5) is 1.27. The first-order chi connectivity index (χ1) is 8.17. The number of benzene rings is 1. The largest absolute Gasteiger partial charge is 0.325 e. The minimum atomic E-state index is 0.511. The summed E-state index contributed by atoms with van der Waals surface area (Å²) in [5.74, 6) is 0. The molecule has 0 aliphatic heterocycles. The lowest BCUT2D eigenvalue weighted by molar-refractivity contribution is 0.706. The van der Waals surface area contributed by atoms with Gasteiger partial charge in [0.1, 0.15) is 0 Å². The second-order valence-electron chi connectivity index (χ2n) is 3.96. The van der Waals surface area contributed by atoms with Crippen molar-refractivity contribution < 1.29 is 0 Å². The highest BCUT2D eigenvalue weighted by Crippen LogP contribution is 2.28. The lowest BCUT2D eigenvalue weighted by Gasteiger charge is -2.05. The smallest absolute Gasteiger partial charge is 0.0675 e. The average Bonchev–Trinajstić information content (AvgIpc) is 2.63. The van der Waals surface area contributed by atoms with Gasteiger partial charge in [0, 0.05) is 24.1 Å². The second-order valence-corrected chi connectivity index (χ2v) is 4.84. The number of thioether (sulfide) groups is 1. The number of hydrogen-bond acceptors (Lipinski definition) is 3. The van der Waals surface area contributed by atoms with Gasteiger partial charge >= 0.3 is 0 Å². The van der Waals surface area contributed by atoms with Crippen LogP contribution in [-0.4, -0.2) is 16.0 Å². The Balaban J connectivity index is 2.51. The standard InChI is InChI=1S/C13H17N3S/c1-9-13(12(8-14)16(2)15-9)10-4-6-11(17-3)7-5-10/h4-7H,8,14H2,1-3H3. The van der Waals surface area contributed by atoms with E-state index in [0.29, 0.717) is 6.54 Å². The molecule has 17 heavy (non-hydrogen) atoms. The molecule has 4 heteroatoms. The molecule has 0 saturated carbocycles. The first kappa shape index (κ1) is 12.2. The second kappa shape index (κ2) is 4.94. The van der Waals surface area contributed by atoms with E-state index in [0.717, 1.165) is 11.4 Å². The quantitative estimate of drug-likeness (QED) is 0.848. The number of hydrogen-bond donors (Lipinski definition) is 1. The van der Waals surface area contributed by atoms with Gasteiger partial charge in [0.15, 0.2) is 0 Å². The molecule has 0 saturated heterocycles. The van der Waals surface area contributed by atoms with E-state index in [-0.39, 0.29) is 0 Å². The molecule has 0 bridgehead atoms. The van der Waals surface area contributed by atoms with Gasteiger partial charge < -0.3 is 5.73 Å². The van der Waals surface area contributed by atoms with Gasteiger partial charge in [-0.05, 0) is 30.9 Å². The fourth-order valence-corrected chi connectivity index (χ4v) is 2.48. The summed E-state index contributed by atoms with van der Waals surface area (Å²) in [5, 5.41) is 4.43. The van der Waals surface area contributed by atoms with Gasteiger partial charge in [-0.2, -0.15) is 5.10 Å². The minimum Gasteiger partial charge on any atom is -0.325 e. The average molecular weight is 247 g/mol. The molecule has 1 aromatic carbocycles. The zero-order valence-corrected chi connectivity index (χ0v) is 11.2. The van der Waals surface area contributed by atoms with Crippen LogP contribution in [-0.2, 0) is 13.6 Å². The fraction of sp³-hybridized carbons (Fsp3) is 0.308. The van der Waals surface area contributed by atoms with E-state index in [1.807, 2.05) is 18.7 Å². The van der Waals surface area contributed by atoms with Crippen LogP contribution in [0.25, 0.3) is 11.1 Å². The molecule has 1 aromatic heterocycles. The number of aromatic nitrogens is 2. The Labute approximate surface area is 106 Å². The Kier molecular flexibility index (Phi) is 3.54. The Morgan fingerprint density at radius 3 is 2.47 bits per heavy atom. The van der Waals surface area contributed by atoms with Crippen molar-refractivity contribution in [1.29, 1.82) is 0 Å². The summed E-state index contributed by atoms with van der Waals surface area (Å²) in [5.41, 5.74) is 10.3. The molecule has 2 rings (SSSR count). The minimum absolute atomic E-state index is 0.511. The van der Waals surface area contributed by atoms with Crippen LogP contribution in [0.5, 0.6) is 0 Å². The maximum absolute atomic E-state index is 5.79. The summed E-state index contributed by atoms with van der Waals surface area (Å²) in [7, 11) is 1.94. The number of nitrogens with zero attached hydrogens (tertiary/aromatic N) is 2. The molecule has 1 heterocycles. The Morgan fingerprint density at radius 1 is 1.29 bits per heavy atom. The third kappa shape index (κ3) is 2.23. The van der Waals surface area contributed by atoms with E-state index in [1.54, 1.807) is 11.8 Å². The van der Waals surface area contributed by atoms with Crippen LogP contribution in [0, 0.1) is 6.92 Å². The van der Waals surface area contributed by atoms with Gasteiger partial charge in [-0.25, -0.2) is 0 Å². The lowest BCUT2D eigenvalue weighted by Crippen LogP contribution is -2.05. The van der Waals surface area contributed by atoms with Crippen LogP contribution in [0.3, 0.4) is 0 Å². The van der Waals surface area contributed by atoms with Crippen molar-refractivity contribution in [2.45, 2.75) is 18.4 Å². The molecule has 0 aliphatic carbocycles. The summed E-state index contributed by atoms with van der Waals surface area (Å²) in [6.07, 6.45) is 2.08. The Hall–Kier alpha value is -1.26. The molecule has 0 aliphatic rings. The van der Waals surface area contributed by atoms with Crippen LogP contribution in [0.4, 0.5) is 0 Å². The van der Waals surface area contributed by atoms with Crippen molar-refractivity contribution in [3.05, 3.63) is 35.7 Å². The SMILES string of the molecule is CSc1ccc(-c2c(C)nn(C)c2CN)cc1. The molecule has 3 nitrogen and oxygen atoms in total. The van der Waals surface area contributed by atoms with Gasteiger partial charge in [0.2, 0.25) is 0 Å². The van der Waals surface area contributed by atoms with Gasteiger partial charge in [0.05, 0.1) is 11.4 Å². The summed E-state index contributed by atoms with van der Waals surface area (Å²) in [6.45, 7) is 2.54. The maximum Gasteiger partial charge on any atom is 0.0675 e. The molecule has 90 valence electrons. The van der Waals surface area contributed by atoms with Crippen LogP contribution in [0.1, 0.15) is 11.4 Å². The van der Waals surface area contributed by atoms with E-state index in [9.17, 15) is 0 Å². The van der Waals surface area contributed by atoms with Gasteiger partial charge in [-0.3, -0.25) is 4.68 Å². The van der Waals surface area contributed by atoms with Gasteiger partial charge in [-0.15, -0.1) is 11.8 Å². The summed E-state index contributed by atoms with van der Waals surface area (Å²) in [6, 6.07) is 8.53. The number of nitrogens with two attached hydrogens (primary N) is 1. The van der Waals surface area contributed by atoms with Crippen molar-refractivity contribution >= 4 is 11.8 Å². The zero-order valence-electron chi connectivity index (χ0n) is 10.4. The maximum atomic E-state index is 5.79. The Morgan fingerprint density at radius 2 is 1.94 bits per heavy atom. The van der Waals surface area contributed by atoms with Crippen LogP contribution in [0.15, 0.2) is 29.2 Å². The van der Waals surface area contributed by atoms with Gasteiger partial charge in [-0.1, -0.05) is 12.1 Å². The topological polar surface area (TPSA) is 43.8 Å².